The van der Waals surface area contributed by atoms with Gasteiger partial charge in [0.25, 0.3) is 5.91 Å². The molecule has 3 rings (SSSR count). The minimum absolute atomic E-state index is 0.0822. The number of fused-ring (bicyclic) bond motifs is 1. The predicted molar refractivity (Wildman–Crippen MR) is 110 cm³/mol. The molecule has 0 saturated carbocycles. The first-order valence-corrected chi connectivity index (χ1v) is 10.5. The van der Waals surface area contributed by atoms with E-state index in [1.807, 2.05) is 25.7 Å². The number of nitrogens with zero attached hydrogens (tertiary/aromatic N) is 4. The molecule has 2 aromatic rings. The Labute approximate surface area is 164 Å². The van der Waals surface area contributed by atoms with E-state index < -0.39 is 0 Å². The molecule has 0 aliphatic carbocycles. The predicted octanol–water partition coefficient (Wildman–Crippen LogP) is 2.62. The number of aromatic nitrogens is 2. The number of aryl methyl sites for hydroxylation is 1. The van der Waals surface area contributed by atoms with Gasteiger partial charge in [0.15, 0.2) is 0 Å². The van der Waals surface area contributed by atoms with Crippen LogP contribution < -0.4 is 5.32 Å². The van der Waals surface area contributed by atoms with Crippen molar-refractivity contribution in [1.29, 1.82) is 0 Å². The molecular weight excluding hydrogens is 362 g/mol. The highest BCUT2D eigenvalue weighted by molar-refractivity contribution is 7.20. The average Bonchev–Trinajstić information content (AvgIpc) is 3.04. The van der Waals surface area contributed by atoms with E-state index in [1.54, 1.807) is 6.33 Å². The maximum Gasteiger partial charge on any atom is 0.264 e. The number of carbonyl (C=O) groups excluding carboxylic acids is 1. The number of ether oxygens (including phenoxy) is 1. The molecule has 1 amide bonds. The van der Waals surface area contributed by atoms with Crippen molar-refractivity contribution in [2.45, 2.75) is 27.2 Å². The van der Waals surface area contributed by atoms with Crippen LogP contribution >= 0.6 is 11.3 Å². The molecule has 0 atom stereocenters. The second-order valence-electron chi connectivity index (χ2n) is 6.67. The van der Waals surface area contributed by atoms with Crippen molar-refractivity contribution in [3.8, 4) is 0 Å². The quantitative estimate of drug-likeness (QED) is 0.698. The number of anilines is 1. The number of amides is 1. The minimum Gasteiger partial charge on any atom is -0.379 e. The van der Waals surface area contributed by atoms with E-state index in [0.717, 1.165) is 72.3 Å². The number of hydrogen-bond acceptors (Lipinski definition) is 7. The first kappa shape index (κ1) is 20.0. The molecule has 1 aliphatic heterocycles. The second-order valence-corrected chi connectivity index (χ2v) is 7.67. The molecule has 0 aromatic carbocycles. The first-order valence-electron chi connectivity index (χ1n) is 9.73. The summed E-state index contributed by atoms with van der Waals surface area (Å²) in [6, 6.07) is 0. The summed E-state index contributed by atoms with van der Waals surface area (Å²) in [5, 5.41) is 4.43. The van der Waals surface area contributed by atoms with Crippen molar-refractivity contribution >= 4 is 33.3 Å². The van der Waals surface area contributed by atoms with Crippen molar-refractivity contribution in [3.05, 3.63) is 16.8 Å². The molecule has 0 unspecified atom stereocenters. The molecule has 2 aromatic heterocycles. The van der Waals surface area contributed by atoms with Gasteiger partial charge in [-0.25, -0.2) is 9.97 Å². The maximum atomic E-state index is 12.8. The topological polar surface area (TPSA) is 70.6 Å². The van der Waals surface area contributed by atoms with Crippen LogP contribution in [0.4, 0.5) is 5.82 Å². The fourth-order valence-electron chi connectivity index (χ4n) is 3.40. The highest BCUT2D eigenvalue weighted by Crippen LogP contribution is 2.33. The molecule has 0 bridgehead atoms. The van der Waals surface area contributed by atoms with Crippen molar-refractivity contribution in [2.75, 3.05) is 57.8 Å². The average molecular weight is 392 g/mol. The normalized spacial score (nSPS) is 15.2. The van der Waals surface area contributed by atoms with Gasteiger partial charge < -0.3 is 15.0 Å². The van der Waals surface area contributed by atoms with Gasteiger partial charge in [-0.05, 0) is 39.3 Å². The fraction of sp³-hybridized carbons (Fsp3) is 0.632. The van der Waals surface area contributed by atoms with Crippen LogP contribution in [0.1, 0.15) is 35.5 Å². The zero-order chi connectivity index (χ0) is 19.2. The van der Waals surface area contributed by atoms with E-state index in [-0.39, 0.29) is 5.91 Å². The van der Waals surface area contributed by atoms with Crippen molar-refractivity contribution in [1.82, 2.24) is 19.8 Å². The smallest absolute Gasteiger partial charge is 0.264 e. The van der Waals surface area contributed by atoms with Crippen LogP contribution in [-0.4, -0.2) is 78.2 Å². The van der Waals surface area contributed by atoms with Gasteiger partial charge in [-0.15, -0.1) is 11.3 Å². The van der Waals surface area contributed by atoms with Gasteiger partial charge in [-0.3, -0.25) is 9.69 Å². The van der Waals surface area contributed by atoms with Gasteiger partial charge in [-0.1, -0.05) is 0 Å². The molecule has 1 N–H and O–H groups in total. The Morgan fingerprint density at radius 1 is 1.30 bits per heavy atom. The van der Waals surface area contributed by atoms with Gasteiger partial charge >= 0.3 is 0 Å². The molecule has 7 nitrogen and oxygen atoms in total. The second kappa shape index (κ2) is 9.43. The Hall–Kier alpha value is -1.77. The lowest BCUT2D eigenvalue weighted by Crippen LogP contribution is -2.37. The highest BCUT2D eigenvalue weighted by atomic mass is 32.1. The zero-order valence-corrected chi connectivity index (χ0v) is 17.3. The number of thiophene rings is 1. The third-order valence-corrected chi connectivity index (χ3v) is 6.21. The molecule has 8 heteroatoms. The van der Waals surface area contributed by atoms with Crippen LogP contribution in [0, 0.1) is 6.92 Å². The maximum absolute atomic E-state index is 12.8. The van der Waals surface area contributed by atoms with Crippen LogP contribution in [-0.2, 0) is 4.74 Å². The lowest BCUT2D eigenvalue weighted by atomic mass is 10.2. The Kier molecular flexibility index (Phi) is 6.98. The summed E-state index contributed by atoms with van der Waals surface area (Å²) in [6.07, 6.45) is 2.62. The van der Waals surface area contributed by atoms with Gasteiger partial charge in [0.1, 0.15) is 17.0 Å². The van der Waals surface area contributed by atoms with Crippen LogP contribution in [0.3, 0.4) is 0 Å². The Balaban J connectivity index is 1.69. The summed E-state index contributed by atoms with van der Waals surface area (Å²) in [5.41, 5.74) is 0.975. The van der Waals surface area contributed by atoms with E-state index in [2.05, 4.69) is 20.2 Å². The minimum atomic E-state index is 0.0822. The van der Waals surface area contributed by atoms with Crippen LogP contribution in [0.25, 0.3) is 10.2 Å². The summed E-state index contributed by atoms with van der Waals surface area (Å²) in [7, 11) is 0. The van der Waals surface area contributed by atoms with E-state index >= 15 is 0 Å². The number of nitrogens with one attached hydrogen (secondary N) is 1. The highest BCUT2D eigenvalue weighted by Gasteiger charge is 2.22. The third-order valence-electron chi connectivity index (χ3n) is 5.02. The van der Waals surface area contributed by atoms with Gasteiger partial charge in [-0.2, -0.15) is 0 Å². The van der Waals surface area contributed by atoms with Crippen molar-refractivity contribution in [3.63, 3.8) is 0 Å². The van der Waals surface area contributed by atoms with Crippen LogP contribution in [0.5, 0.6) is 0 Å². The molecule has 3 heterocycles. The summed E-state index contributed by atoms with van der Waals surface area (Å²) in [5.74, 6) is 0.910. The summed E-state index contributed by atoms with van der Waals surface area (Å²) < 4.78 is 5.39. The van der Waals surface area contributed by atoms with Crippen molar-refractivity contribution in [2.24, 2.45) is 0 Å². The van der Waals surface area contributed by atoms with Gasteiger partial charge in [0, 0.05) is 32.7 Å². The lowest BCUT2D eigenvalue weighted by molar-refractivity contribution is 0.0378. The first-order chi connectivity index (χ1) is 13.2. The summed E-state index contributed by atoms with van der Waals surface area (Å²) in [4.78, 5) is 27.5. The fourth-order valence-corrected chi connectivity index (χ4v) is 4.51. The number of hydrogen-bond donors (Lipinski definition) is 1. The number of morpholine rings is 1. The lowest BCUT2D eigenvalue weighted by Gasteiger charge is -2.26. The molecule has 148 valence electrons. The van der Waals surface area contributed by atoms with E-state index in [0.29, 0.717) is 13.1 Å². The summed E-state index contributed by atoms with van der Waals surface area (Å²) in [6.45, 7) is 13.0. The largest absolute Gasteiger partial charge is 0.379 e. The SMILES string of the molecule is CCN(CC)C(=O)c1sc2ncnc(NCCCN3CCOCC3)c2c1C. The Bertz CT molecular complexity index is 769. The molecular formula is C19H29N5O2S. The molecule has 1 fully saturated rings. The van der Waals surface area contributed by atoms with E-state index in [9.17, 15) is 4.79 Å². The molecule has 1 aliphatic rings. The van der Waals surface area contributed by atoms with Gasteiger partial charge in [0.2, 0.25) is 0 Å². The molecule has 1 saturated heterocycles. The van der Waals surface area contributed by atoms with Crippen molar-refractivity contribution < 1.29 is 9.53 Å². The van der Waals surface area contributed by atoms with Gasteiger partial charge in [0.05, 0.1) is 23.5 Å². The number of rotatable bonds is 8. The van der Waals surface area contributed by atoms with Crippen LogP contribution in [0.2, 0.25) is 0 Å². The Morgan fingerprint density at radius 3 is 2.74 bits per heavy atom. The third kappa shape index (κ3) is 4.56. The summed E-state index contributed by atoms with van der Waals surface area (Å²) >= 11 is 1.46. The van der Waals surface area contributed by atoms with E-state index in [4.69, 9.17) is 4.74 Å². The monoisotopic (exact) mass is 391 g/mol. The van der Waals surface area contributed by atoms with E-state index in [1.165, 1.54) is 11.3 Å². The number of carbonyl (C=O) groups is 1. The molecule has 27 heavy (non-hydrogen) atoms. The van der Waals surface area contributed by atoms with Crippen LogP contribution in [0.15, 0.2) is 6.33 Å². The molecule has 0 radical (unpaired) electrons. The Morgan fingerprint density at radius 2 is 2.04 bits per heavy atom. The molecule has 0 spiro atoms. The standard InChI is InChI=1S/C19H29N5O2S/c1-4-24(5-2)19(25)16-14(3)15-17(21-13-22-18(15)27-16)20-7-6-8-23-9-11-26-12-10-23/h13H,4-12H2,1-3H3,(H,20,21,22). The zero-order valence-electron chi connectivity index (χ0n) is 16.5.